The maximum atomic E-state index is 12.2. The van der Waals surface area contributed by atoms with Crippen molar-refractivity contribution in [3.63, 3.8) is 0 Å². The van der Waals surface area contributed by atoms with Gasteiger partial charge in [-0.05, 0) is 43.4 Å². The van der Waals surface area contributed by atoms with Crippen LogP contribution in [0.4, 0.5) is 4.79 Å². The number of nitrogens with one attached hydrogen (secondary N) is 3. The van der Waals surface area contributed by atoms with E-state index in [1.807, 2.05) is 31.2 Å². The van der Waals surface area contributed by atoms with Crippen molar-refractivity contribution in [2.24, 2.45) is 11.8 Å². The van der Waals surface area contributed by atoms with Crippen LogP contribution in [0.2, 0.25) is 0 Å². The van der Waals surface area contributed by atoms with Gasteiger partial charge in [0.1, 0.15) is 5.75 Å². The van der Waals surface area contributed by atoms with Gasteiger partial charge in [0.05, 0.1) is 23.8 Å². The number of ether oxygens (including phenoxy) is 1. The van der Waals surface area contributed by atoms with Crippen molar-refractivity contribution < 1.29 is 14.3 Å². The molecule has 1 aliphatic heterocycles. The van der Waals surface area contributed by atoms with Crippen molar-refractivity contribution >= 4 is 23.7 Å². The zero-order valence-electron chi connectivity index (χ0n) is 15.3. The lowest BCUT2D eigenvalue weighted by Crippen LogP contribution is -2.53. The fraction of sp³-hybridized carbons (Fsp3) is 0.579. The SMILES string of the molecule is CC1CNC(=O)NC1SCC(=O)N[C@@H](C)c1ccc(OCC2CC2)cc1. The number of thioether (sulfide) groups is 1. The van der Waals surface area contributed by atoms with Gasteiger partial charge >= 0.3 is 6.03 Å². The predicted molar refractivity (Wildman–Crippen MR) is 103 cm³/mol. The van der Waals surface area contributed by atoms with Crippen molar-refractivity contribution in [1.82, 2.24) is 16.0 Å². The normalized spacial score (nSPS) is 23.5. The Kier molecular flexibility index (Phi) is 6.29. The molecule has 0 bridgehead atoms. The van der Waals surface area contributed by atoms with Gasteiger partial charge in [0.2, 0.25) is 5.91 Å². The van der Waals surface area contributed by atoms with Gasteiger partial charge in [0.15, 0.2) is 0 Å². The highest BCUT2D eigenvalue weighted by atomic mass is 32.2. The third kappa shape index (κ3) is 5.56. The van der Waals surface area contributed by atoms with Gasteiger partial charge in [-0.3, -0.25) is 4.79 Å². The van der Waals surface area contributed by atoms with E-state index in [4.69, 9.17) is 4.74 Å². The molecule has 2 unspecified atom stereocenters. The highest BCUT2D eigenvalue weighted by molar-refractivity contribution is 8.00. The van der Waals surface area contributed by atoms with E-state index in [-0.39, 0.29) is 29.3 Å². The Morgan fingerprint density at radius 3 is 2.77 bits per heavy atom. The van der Waals surface area contributed by atoms with E-state index in [0.717, 1.165) is 23.8 Å². The molecule has 2 aliphatic rings. The number of carbonyl (C=O) groups is 2. The first-order chi connectivity index (χ1) is 12.5. The molecule has 1 heterocycles. The van der Waals surface area contributed by atoms with Gasteiger partial charge in [-0.25, -0.2) is 4.79 Å². The summed E-state index contributed by atoms with van der Waals surface area (Å²) in [6.07, 6.45) is 2.55. The number of hydrogen-bond acceptors (Lipinski definition) is 4. The molecule has 1 saturated heterocycles. The van der Waals surface area contributed by atoms with E-state index in [2.05, 4.69) is 22.9 Å². The summed E-state index contributed by atoms with van der Waals surface area (Å²) < 4.78 is 5.74. The molecule has 3 rings (SSSR count). The quantitative estimate of drug-likeness (QED) is 0.651. The third-order valence-corrected chi connectivity index (χ3v) is 6.08. The average Bonchev–Trinajstić information content (AvgIpc) is 3.45. The van der Waals surface area contributed by atoms with E-state index >= 15 is 0 Å². The van der Waals surface area contributed by atoms with Crippen LogP contribution in [-0.2, 0) is 4.79 Å². The van der Waals surface area contributed by atoms with Gasteiger partial charge in [-0.2, -0.15) is 0 Å². The summed E-state index contributed by atoms with van der Waals surface area (Å²) in [7, 11) is 0. The van der Waals surface area contributed by atoms with Crippen LogP contribution in [0, 0.1) is 11.8 Å². The zero-order valence-corrected chi connectivity index (χ0v) is 16.1. The van der Waals surface area contributed by atoms with Crippen molar-refractivity contribution in [3.8, 4) is 5.75 Å². The smallest absolute Gasteiger partial charge is 0.315 e. The monoisotopic (exact) mass is 377 g/mol. The molecule has 3 atom stereocenters. The standard InChI is InChI=1S/C19H27N3O3S/c1-12-9-20-19(24)22-18(12)26-11-17(23)21-13(2)15-5-7-16(8-6-15)25-10-14-3-4-14/h5-8,12-14,18H,3-4,9-11H2,1-2H3,(H,21,23)(H2,20,22,24)/t12?,13-,18?/m0/s1. The first kappa shape index (κ1) is 18.9. The van der Waals surface area contributed by atoms with Crippen LogP contribution in [0.25, 0.3) is 0 Å². The van der Waals surface area contributed by atoms with E-state index in [1.54, 1.807) is 0 Å². The molecule has 0 aromatic heterocycles. The Morgan fingerprint density at radius 1 is 1.35 bits per heavy atom. The van der Waals surface area contributed by atoms with Gasteiger partial charge in [-0.1, -0.05) is 19.1 Å². The Balaban J connectivity index is 1.42. The number of hydrogen-bond donors (Lipinski definition) is 3. The molecule has 1 aliphatic carbocycles. The predicted octanol–water partition coefficient (Wildman–Crippen LogP) is 2.66. The summed E-state index contributed by atoms with van der Waals surface area (Å²) >= 11 is 1.47. The topological polar surface area (TPSA) is 79.5 Å². The van der Waals surface area contributed by atoms with E-state index < -0.39 is 0 Å². The van der Waals surface area contributed by atoms with Gasteiger partial charge < -0.3 is 20.7 Å². The van der Waals surface area contributed by atoms with Gasteiger partial charge in [0, 0.05) is 12.5 Å². The second-order valence-corrected chi connectivity index (χ2v) is 8.31. The minimum absolute atomic E-state index is 0.0310. The Morgan fingerprint density at radius 2 is 2.08 bits per heavy atom. The number of urea groups is 1. The molecule has 0 spiro atoms. The van der Waals surface area contributed by atoms with Crippen LogP contribution < -0.4 is 20.7 Å². The van der Waals surface area contributed by atoms with Gasteiger partial charge in [0.25, 0.3) is 0 Å². The summed E-state index contributed by atoms with van der Waals surface area (Å²) in [5.41, 5.74) is 1.05. The number of benzene rings is 1. The van der Waals surface area contributed by atoms with Gasteiger partial charge in [-0.15, -0.1) is 11.8 Å². The molecule has 1 saturated carbocycles. The van der Waals surface area contributed by atoms with Crippen molar-refractivity contribution in [2.45, 2.75) is 38.1 Å². The first-order valence-electron chi connectivity index (χ1n) is 9.19. The molecule has 6 nitrogen and oxygen atoms in total. The molecule has 2 fully saturated rings. The Bertz CT molecular complexity index is 633. The zero-order chi connectivity index (χ0) is 18.5. The van der Waals surface area contributed by atoms with E-state index in [0.29, 0.717) is 12.3 Å². The highest BCUT2D eigenvalue weighted by Crippen LogP contribution is 2.29. The summed E-state index contributed by atoms with van der Waals surface area (Å²) in [4.78, 5) is 23.6. The fourth-order valence-corrected chi connectivity index (χ4v) is 3.80. The first-order valence-corrected chi connectivity index (χ1v) is 10.2. The summed E-state index contributed by atoms with van der Waals surface area (Å²) in [6.45, 7) is 5.46. The average molecular weight is 378 g/mol. The molecule has 26 heavy (non-hydrogen) atoms. The molecule has 1 aromatic rings. The Hall–Kier alpha value is -1.89. The minimum atomic E-state index is -0.168. The van der Waals surface area contributed by atoms with Crippen LogP contribution in [0.15, 0.2) is 24.3 Å². The second-order valence-electron chi connectivity index (χ2n) is 7.18. The second kappa shape index (κ2) is 8.66. The maximum absolute atomic E-state index is 12.2. The van der Waals surface area contributed by atoms with Crippen molar-refractivity contribution in [2.75, 3.05) is 18.9 Å². The van der Waals surface area contributed by atoms with Crippen LogP contribution in [-0.4, -0.2) is 36.2 Å². The van der Waals surface area contributed by atoms with Crippen molar-refractivity contribution in [1.29, 1.82) is 0 Å². The number of amides is 3. The van der Waals surface area contributed by atoms with Crippen LogP contribution in [0.3, 0.4) is 0 Å². The molecule has 1 aromatic carbocycles. The van der Waals surface area contributed by atoms with Crippen LogP contribution in [0.5, 0.6) is 5.75 Å². The molecule has 0 radical (unpaired) electrons. The highest BCUT2D eigenvalue weighted by Gasteiger charge is 2.26. The molecule has 142 valence electrons. The van der Waals surface area contributed by atoms with Crippen LogP contribution in [0.1, 0.15) is 38.3 Å². The largest absolute Gasteiger partial charge is 0.493 e. The lowest BCUT2D eigenvalue weighted by molar-refractivity contribution is -0.119. The van der Waals surface area contributed by atoms with E-state index in [9.17, 15) is 9.59 Å². The summed E-state index contributed by atoms with van der Waals surface area (Å²) in [5, 5.41) is 8.59. The summed E-state index contributed by atoms with van der Waals surface area (Å²) in [5.74, 6) is 2.19. The van der Waals surface area contributed by atoms with Crippen molar-refractivity contribution in [3.05, 3.63) is 29.8 Å². The summed E-state index contributed by atoms with van der Waals surface area (Å²) in [6, 6.07) is 7.67. The number of rotatable bonds is 8. The Labute approximate surface area is 158 Å². The molecule has 7 heteroatoms. The lowest BCUT2D eigenvalue weighted by Gasteiger charge is -2.29. The third-order valence-electron chi connectivity index (χ3n) is 4.71. The number of carbonyl (C=O) groups excluding carboxylic acids is 2. The molecule has 3 amide bonds. The lowest BCUT2D eigenvalue weighted by atomic mass is 10.1. The molecule has 3 N–H and O–H groups in total. The van der Waals surface area contributed by atoms with E-state index in [1.165, 1.54) is 24.6 Å². The molecular weight excluding hydrogens is 350 g/mol. The van der Waals surface area contributed by atoms with Crippen LogP contribution >= 0.6 is 11.8 Å². The molecular formula is C19H27N3O3S. The maximum Gasteiger partial charge on any atom is 0.315 e. The minimum Gasteiger partial charge on any atom is -0.493 e. The fourth-order valence-electron chi connectivity index (χ4n) is 2.77.